The third kappa shape index (κ3) is 4.33. The number of carbonyl (C=O) groups is 1. The summed E-state index contributed by atoms with van der Waals surface area (Å²) in [6.45, 7) is 4.65. The zero-order valence-corrected chi connectivity index (χ0v) is 13.0. The maximum Gasteiger partial charge on any atom is 0.222 e. The predicted molar refractivity (Wildman–Crippen MR) is 77.0 cm³/mol. The van der Waals surface area contributed by atoms with Crippen molar-refractivity contribution in [1.82, 2.24) is 4.90 Å². The molecule has 0 aliphatic carbocycles. The smallest absolute Gasteiger partial charge is 0.222 e. The molecule has 1 aromatic rings. The van der Waals surface area contributed by atoms with Crippen molar-refractivity contribution in [2.75, 3.05) is 20.7 Å². The molecule has 0 aliphatic rings. The summed E-state index contributed by atoms with van der Waals surface area (Å²) in [5.74, 6) is 1.01. The topological polar surface area (TPSA) is 29.5 Å². The minimum absolute atomic E-state index is 0.141. The molecule has 0 N–H and O–H groups in total. The van der Waals surface area contributed by atoms with E-state index in [2.05, 4.69) is 15.9 Å². The maximum atomic E-state index is 11.4. The third-order valence-electron chi connectivity index (χ3n) is 2.71. The summed E-state index contributed by atoms with van der Waals surface area (Å²) in [6, 6.07) is 4.01. The lowest BCUT2D eigenvalue weighted by atomic mass is 10.1. The molecule has 0 saturated heterocycles. The van der Waals surface area contributed by atoms with E-state index < -0.39 is 0 Å². The molecule has 0 spiro atoms. The Morgan fingerprint density at radius 3 is 2.33 bits per heavy atom. The number of ether oxygens (including phenoxy) is 1. The van der Waals surface area contributed by atoms with E-state index in [1.165, 1.54) is 0 Å². The highest BCUT2D eigenvalue weighted by molar-refractivity contribution is 9.10. The second-order valence-electron chi connectivity index (χ2n) is 4.61. The lowest BCUT2D eigenvalue weighted by Gasteiger charge is -2.12. The zero-order valence-electron chi connectivity index (χ0n) is 11.4. The Labute approximate surface area is 117 Å². The number of carbonyl (C=O) groups excluding carboxylic acids is 1. The predicted octanol–water partition coefficient (Wildman–Crippen LogP) is 3.31. The number of aryl methyl sites for hydroxylation is 2. The Kier molecular flexibility index (Phi) is 5.66. The van der Waals surface area contributed by atoms with Crippen molar-refractivity contribution >= 4 is 21.8 Å². The minimum atomic E-state index is 0.141. The van der Waals surface area contributed by atoms with Crippen LogP contribution < -0.4 is 4.74 Å². The van der Waals surface area contributed by atoms with Crippen molar-refractivity contribution in [2.24, 2.45) is 0 Å². The van der Waals surface area contributed by atoms with Gasteiger partial charge in [0.05, 0.1) is 6.61 Å². The molecule has 18 heavy (non-hydrogen) atoms. The van der Waals surface area contributed by atoms with Crippen LogP contribution in [0.3, 0.4) is 0 Å². The van der Waals surface area contributed by atoms with Crippen molar-refractivity contribution in [3.8, 4) is 5.75 Å². The van der Waals surface area contributed by atoms with E-state index in [9.17, 15) is 4.79 Å². The lowest BCUT2D eigenvalue weighted by Crippen LogP contribution is -2.21. The molecule has 0 heterocycles. The number of halogens is 1. The van der Waals surface area contributed by atoms with Gasteiger partial charge in [-0.2, -0.15) is 0 Å². The van der Waals surface area contributed by atoms with Crippen LogP contribution in [0.4, 0.5) is 0 Å². The standard InChI is InChI=1S/C14H20BrNO2/c1-10-8-12(9-11(2)14(10)15)18-7-5-6-13(17)16(3)4/h8-9H,5-7H2,1-4H3. The molecule has 1 rings (SSSR count). The summed E-state index contributed by atoms with van der Waals surface area (Å²) in [4.78, 5) is 13.0. The van der Waals surface area contributed by atoms with Crippen LogP contribution in [0.1, 0.15) is 24.0 Å². The van der Waals surface area contributed by atoms with Gasteiger partial charge in [-0.3, -0.25) is 4.79 Å². The van der Waals surface area contributed by atoms with Crippen LogP contribution in [0.15, 0.2) is 16.6 Å². The number of benzene rings is 1. The van der Waals surface area contributed by atoms with E-state index in [0.717, 1.165) is 27.8 Å². The Bertz CT molecular complexity index is 407. The SMILES string of the molecule is Cc1cc(OCCCC(=O)N(C)C)cc(C)c1Br. The van der Waals surface area contributed by atoms with E-state index in [0.29, 0.717) is 13.0 Å². The number of amides is 1. The molecule has 0 bridgehead atoms. The van der Waals surface area contributed by atoms with Gasteiger partial charge in [0.15, 0.2) is 0 Å². The van der Waals surface area contributed by atoms with Gasteiger partial charge < -0.3 is 9.64 Å². The van der Waals surface area contributed by atoms with Gasteiger partial charge >= 0.3 is 0 Å². The second kappa shape index (κ2) is 6.78. The monoisotopic (exact) mass is 313 g/mol. The van der Waals surface area contributed by atoms with Crippen molar-refractivity contribution in [1.29, 1.82) is 0 Å². The first-order valence-electron chi connectivity index (χ1n) is 6.01. The van der Waals surface area contributed by atoms with E-state index in [-0.39, 0.29) is 5.91 Å². The zero-order chi connectivity index (χ0) is 13.7. The van der Waals surface area contributed by atoms with Gasteiger partial charge in [-0.1, -0.05) is 15.9 Å². The molecule has 0 unspecified atom stereocenters. The van der Waals surface area contributed by atoms with E-state index in [1.54, 1.807) is 19.0 Å². The average molecular weight is 314 g/mol. The first-order chi connectivity index (χ1) is 8.41. The van der Waals surface area contributed by atoms with Crippen LogP contribution in [0.25, 0.3) is 0 Å². The van der Waals surface area contributed by atoms with Crippen molar-refractivity contribution in [2.45, 2.75) is 26.7 Å². The van der Waals surface area contributed by atoms with Gasteiger partial charge in [-0.15, -0.1) is 0 Å². The summed E-state index contributed by atoms with van der Waals surface area (Å²) < 4.78 is 6.78. The van der Waals surface area contributed by atoms with Gasteiger partial charge in [-0.05, 0) is 43.5 Å². The first kappa shape index (κ1) is 15.0. The number of hydrogen-bond acceptors (Lipinski definition) is 2. The van der Waals surface area contributed by atoms with Gasteiger partial charge in [-0.25, -0.2) is 0 Å². The Morgan fingerprint density at radius 2 is 1.83 bits per heavy atom. The maximum absolute atomic E-state index is 11.4. The highest BCUT2D eigenvalue weighted by atomic mass is 79.9. The summed E-state index contributed by atoms with van der Waals surface area (Å²) in [6.07, 6.45) is 1.27. The fraction of sp³-hybridized carbons (Fsp3) is 0.500. The van der Waals surface area contributed by atoms with Crippen molar-refractivity contribution < 1.29 is 9.53 Å². The fourth-order valence-electron chi connectivity index (χ4n) is 1.63. The molecule has 1 amide bonds. The van der Waals surface area contributed by atoms with Gasteiger partial charge in [0.1, 0.15) is 5.75 Å². The average Bonchev–Trinajstić information content (AvgIpc) is 2.31. The van der Waals surface area contributed by atoms with Crippen LogP contribution in [0, 0.1) is 13.8 Å². The van der Waals surface area contributed by atoms with Crippen LogP contribution in [-0.2, 0) is 4.79 Å². The molecule has 0 atom stereocenters. The molecule has 0 radical (unpaired) electrons. The molecule has 0 saturated carbocycles. The molecule has 0 fully saturated rings. The van der Waals surface area contributed by atoms with Crippen LogP contribution in [-0.4, -0.2) is 31.5 Å². The summed E-state index contributed by atoms with van der Waals surface area (Å²) in [5, 5.41) is 0. The molecule has 4 heteroatoms. The molecule has 0 aliphatic heterocycles. The number of hydrogen-bond donors (Lipinski definition) is 0. The number of rotatable bonds is 5. The van der Waals surface area contributed by atoms with E-state index >= 15 is 0 Å². The van der Waals surface area contributed by atoms with E-state index in [4.69, 9.17) is 4.74 Å². The summed E-state index contributed by atoms with van der Waals surface area (Å²) >= 11 is 3.52. The summed E-state index contributed by atoms with van der Waals surface area (Å²) in [7, 11) is 3.54. The Morgan fingerprint density at radius 1 is 1.28 bits per heavy atom. The highest BCUT2D eigenvalue weighted by Gasteiger charge is 2.05. The molecule has 1 aromatic carbocycles. The van der Waals surface area contributed by atoms with Gasteiger partial charge in [0.2, 0.25) is 5.91 Å². The van der Waals surface area contributed by atoms with E-state index in [1.807, 2.05) is 26.0 Å². The molecule has 100 valence electrons. The highest BCUT2D eigenvalue weighted by Crippen LogP contribution is 2.26. The Balaban J connectivity index is 2.43. The Hall–Kier alpha value is -1.03. The summed E-state index contributed by atoms with van der Waals surface area (Å²) in [5.41, 5.74) is 2.32. The molecule has 0 aromatic heterocycles. The number of nitrogens with zero attached hydrogens (tertiary/aromatic N) is 1. The van der Waals surface area contributed by atoms with Crippen LogP contribution in [0.2, 0.25) is 0 Å². The van der Waals surface area contributed by atoms with Crippen molar-refractivity contribution in [3.63, 3.8) is 0 Å². The molecular weight excluding hydrogens is 294 g/mol. The molecular formula is C14H20BrNO2. The largest absolute Gasteiger partial charge is 0.494 e. The second-order valence-corrected chi connectivity index (χ2v) is 5.40. The van der Waals surface area contributed by atoms with Crippen LogP contribution in [0.5, 0.6) is 5.75 Å². The van der Waals surface area contributed by atoms with Gasteiger partial charge in [0.25, 0.3) is 0 Å². The quantitative estimate of drug-likeness (QED) is 0.780. The fourth-order valence-corrected chi connectivity index (χ4v) is 1.86. The normalized spacial score (nSPS) is 10.3. The van der Waals surface area contributed by atoms with Crippen molar-refractivity contribution in [3.05, 3.63) is 27.7 Å². The third-order valence-corrected chi connectivity index (χ3v) is 3.96. The lowest BCUT2D eigenvalue weighted by molar-refractivity contribution is -0.128. The minimum Gasteiger partial charge on any atom is -0.494 e. The van der Waals surface area contributed by atoms with Crippen LogP contribution >= 0.6 is 15.9 Å². The first-order valence-corrected chi connectivity index (χ1v) is 6.81. The van der Waals surface area contributed by atoms with Gasteiger partial charge in [0, 0.05) is 25.0 Å². The molecule has 3 nitrogen and oxygen atoms in total.